The SMILES string of the molecule is Cc1ccc([C@H](C2CCCCC2)N2CCNCC2)cc1F. The average molecular weight is 290 g/mol. The van der Waals surface area contributed by atoms with E-state index in [1.54, 1.807) is 6.07 Å². The summed E-state index contributed by atoms with van der Waals surface area (Å²) in [6, 6.07) is 6.29. The van der Waals surface area contributed by atoms with Gasteiger partial charge in [0.25, 0.3) is 0 Å². The van der Waals surface area contributed by atoms with Crippen LogP contribution in [0.25, 0.3) is 0 Å². The van der Waals surface area contributed by atoms with E-state index in [0.717, 1.165) is 31.7 Å². The minimum absolute atomic E-state index is 0.0524. The first-order valence-electron chi connectivity index (χ1n) is 8.46. The summed E-state index contributed by atoms with van der Waals surface area (Å²) in [5, 5.41) is 3.43. The lowest BCUT2D eigenvalue weighted by atomic mass is 9.80. The molecule has 0 spiro atoms. The monoisotopic (exact) mass is 290 g/mol. The van der Waals surface area contributed by atoms with Gasteiger partial charge >= 0.3 is 0 Å². The van der Waals surface area contributed by atoms with Crippen LogP contribution in [0.5, 0.6) is 0 Å². The highest BCUT2D eigenvalue weighted by molar-refractivity contribution is 5.26. The van der Waals surface area contributed by atoms with Crippen LogP contribution >= 0.6 is 0 Å². The molecule has 3 rings (SSSR count). The number of halogens is 1. The predicted molar refractivity (Wildman–Crippen MR) is 84.9 cm³/mol. The van der Waals surface area contributed by atoms with Crippen LogP contribution in [-0.2, 0) is 0 Å². The van der Waals surface area contributed by atoms with Gasteiger partial charge < -0.3 is 5.32 Å². The molecule has 1 aliphatic heterocycles. The number of hydrogen-bond acceptors (Lipinski definition) is 2. The molecule has 1 atom stereocenters. The third-order valence-corrected chi connectivity index (χ3v) is 5.18. The molecule has 1 aliphatic carbocycles. The zero-order valence-corrected chi connectivity index (χ0v) is 13.1. The molecule has 0 bridgehead atoms. The van der Waals surface area contributed by atoms with Crippen molar-refractivity contribution in [2.24, 2.45) is 5.92 Å². The van der Waals surface area contributed by atoms with Crippen molar-refractivity contribution in [3.05, 3.63) is 35.1 Å². The van der Waals surface area contributed by atoms with Crippen LogP contribution in [0.1, 0.15) is 49.3 Å². The lowest BCUT2D eigenvalue weighted by Gasteiger charge is -2.41. The normalized spacial score (nSPS) is 23.1. The summed E-state index contributed by atoms with van der Waals surface area (Å²) in [6.45, 7) is 6.11. The molecule has 1 saturated heterocycles. The molecule has 1 N–H and O–H groups in total. The van der Waals surface area contributed by atoms with Crippen molar-refractivity contribution in [2.75, 3.05) is 26.2 Å². The number of nitrogens with one attached hydrogen (secondary N) is 1. The Balaban J connectivity index is 1.87. The largest absolute Gasteiger partial charge is 0.314 e. The number of piperazine rings is 1. The molecular formula is C18H27FN2. The Bertz CT molecular complexity index is 444. The number of hydrogen-bond donors (Lipinski definition) is 1. The lowest BCUT2D eigenvalue weighted by molar-refractivity contribution is 0.103. The first-order valence-corrected chi connectivity index (χ1v) is 8.46. The van der Waals surface area contributed by atoms with Crippen molar-refractivity contribution < 1.29 is 4.39 Å². The minimum atomic E-state index is -0.0524. The molecule has 1 aromatic rings. The standard InChI is InChI=1S/C18H27FN2/c1-14-7-8-16(13-17(14)19)18(15-5-3-2-4-6-15)21-11-9-20-10-12-21/h7-8,13,15,18,20H,2-6,9-12H2,1H3/t18-/m0/s1. The third kappa shape index (κ3) is 3.46. The van der Waals surface area contributed by atoms with Gasteiger partial charge in [-0.3, -0.25) is 4.90 Å². The highest BCUT2D eigenvalue weighted by Crippen LogP contribution is 2.38. The zero-order valence-electron chi connectivity index (χ0n) is 13.1. The van der Waals surface area contributed by atoms with Crippen molar-refractivity contribution >= 4 is 0 Å². The quantitative estimate of drug-likeness (QED) is 0.914. The summed E-state index contributed by atoms with van der Waals surface area (Å²) >= 11 is 0. The third-order valence-electron chi connectivity index (χ3n) is 5.18. The molecule has 2 nitrogen and oxygen atoms in total. The van der Waals surface area contributed by atoms with E-state index in [1.165, 1.54) is 37.7 Å². The maximum absolute atomic E-state index is 14.0. The van der Waals surface area contributed by atoms with E-state index < -0.39 is 0 Å². The maximum Gasteiger partial charge on any atom is 0.126 e. The highest BCUT2D eigenvalue weighted by atomic mass is 19.1. The summed E-state index contributed by atoms with van der Waals surface area (Å²) in [5.41, 5.74) is 1.94. The second-order valence-corrected chi connectivity index (χ2v) is 6.64. The van der Waals surface area contributed by atoms with Gasteiger partial charge in [-0.2, -0.15) is 0 Å². The van der Waals surface area contributed by atoms with Gasteiger partial charge in [0, 0.05) is 32.2 Å². The second-order valence-electron chi connectivity index (χ2n) is 6.64. The predicted octanol–water partition coefficient (Wildman–Crippen LogP) is 3.66. The van der Waals surface area contributed by atoms with E-state index in [9.17, 15) is 4.39 Å². The van der Waals surface area contributed by atoms with E-state index in [4.69, 9.17) is 0 Å². The van der Waals surface area contributed by atoms with E-state index in [2.05, 4.69) is 16.3 Å². The van der Waals surface area contributed by atoms with E-state index in [1.807, 2.05) is 13.0 Å². The van der Waals surface area contributed by atoms with Crippen molar-refractivity contribution in [2.45, 2.75) is 45.1 Å². The minimum Gasteiger partial charge on any atom is -0.314 e. The molecule has 0 unspecified atom stereocenters. The Hall–Kier alpha value is -0.930. The smallest absolute Gasteiger partial charge is 0.126 e. The first-order chi connectivity index (χ1) is 10.3. The van der Waals surface area contributed by atoms with Crippen LogP contribution < -0.4 is 5.32 Å². The molecule has 21 heavy (non-hydrogen) atoms. The fourth-order valence-corrected chi connectivity index (χ4v) is 3.98. The number of nitrogens with zero attached hydrogens (tertiary/aromatic N) is 1. The lowest BCUT2D eigenvalue weighted by Crippen LogP contribution is -2.47. The summed E-state index contributed by atoms with van der Waals surface area (Å²) < 4.78 is 14.0. The van der Waals surface area contributed by atoms with Crippen LogP contribution in [0.2, 0.25) is 0 Å². The first kappa shape index (κ1) is 15.0. The summed E-state index contributed by atoms with van der Waals surface area (Å²) in [7, 11) is 0. The number of rotatable bonds is 3. The number of benzene rings is 1. The van der Waals surface area contributed by atoms with E-state index in [-0.39, 0.29) is 5.82 Å². The fourth-order valence-electron chi connectivity index (χ4n) is 3.98. The highest BCUT2D eigenvalue weighted by Gasteiger charge is 2.31. The van der Waals surface area contributed by atoms with Gasteiger partial charge in [0.1, 0.15) is 5.82 Å². The van der Waals surface area contributed by atoms with Gasteiger partial charge in [-0.15, -0.1) is 0 Å². The van der Waals surface area contributed by atoms with Gasteiger partial charge in [0.05, 0.1) is 0 Å². The van der Waals surface area contributed by atoms with Gasteiger partial charge in [-0.25, -0.2) is 4.39 Å². The summed E-state index contributed by atoms with van der Waals surface area (Å²) in [6.07, 6.45) is 6.63. The Kier molecular flexibility index (Phi) is 4.91. The Labute approximate surface area is 127 Å². The maximum atomic E-state index is 14.0. The van der Waals surface area contributed by atoms with Crippen LogP contribution in [0.3, 0.4) is 0 Å². The molecule has 2 fully saturated rings. The van der Waals surface area contributed by atoms with Crippen LogP contribution in [0.4, 0.5) is 4.39 Å². The van der Waals surface area contributed by atoms with Crippen LogP contribution in [-0.4, -0.2) is 31.1 Å². The Morgan fingerprint density at radius 3 is 2.52 bits per heavy atom. The van der Waals surface area contributed by atoms with Crippen molar-refractivity contribution in [3.63, 3.8) is 0 Å². The molecule has 1 saturated carbocycles. The molecule has 3 heteroatoms. The molecule has 0 amide bonds. The van der Waals surface area contributed by atoms with Crippen molar-refractivity contribution in [3.8, 4) is 0 Å². The van der Waals surface area contributed by atoms with E-state index >= 15 is 0 Å². The average Bonchev–Trinajstić information content (AvgIpc) is 2.53. The van der Waals surface area contributed by atoms with Crippen LogP contribution in [0.15, 0.2) is 18.2 Å². The Morgan fingerprint density at radius 2 is 1.86 bits per heavy atom. The van der Waals surface area contributed by atoms with Gasteiger partial charge in [0.15, 0.2) is 0 Å². The van der Waals surface area contributed by atoms with Crippen molar-refractivity contribution in [1.29, 1.82) is 0 Å². The topological polar surface area (TPSA) is 15.3 Å². The molecule has 0 radical (unpaired) electrons. The molecule has 2 aliphatic rings. The zero-order chi connectivity index (χ0) is 14.7. The van der Waals surface area contributed by atoms with Crippen molar-refractivity contribution in [1.82, 2.24) is 10.2 Å². The fraction of sp³-hybridized carbons (Fsp3) is 0.667. The van der Waals surface area contributed by atoms with Crippen LogP contribution in [0, 0.1) is 18.7 Å². The number of aryl methyl sites for hydroxylation is 1. The molecule has 1 aromatic carbocycles. The molecule has 1 heterocycles. The van der Waals surface area contributed by atoms with Gasteiger partial charge in [0.2, 0.25) is 0 Å². The molecule has 116 valence electrons. The van der Waals surface area contributed by atoms with Gasteiger partial charge in [-0.05, 0) is 42.9 Å². The summed E-state index contributed by atoms with van der Waals surface area (Å²) in [5.74, 6) is 0.641. The van der Waals surface area contributed by atoms with E-state index in [0.29, 0.717) is 12.0 Å². The Morgan fingerprint density at radius 1 is 1.14 bits per heavy atom. The molecule has 0 aromatic heterocycles. The summed E-state index contributed by atoms with van der Waals surface area (Å²) in [4.78, 5) is 2.58. The second kappa shape index (κ2) is 6.89. The van der Waals surface area contributed by atoms with Gasteiger partial charge in [-0.1, -0.05) is 31.4 Å². The molecular weight excluding hydrogens is 263 g/mol.